The summed E-state index contributed by atoms with van der Waals surface area (Å²) in [6.45, 7) is 12.3. The minimum absolute atomic E-state index is 0.160. The van der Waals surface area contributed by atoms with Crippen LogP contribution in [0.3, 0.4) is 0 Å². The molecule has 0 aliphatic rings. The Balaban J connectivity index is 5.52. The van der Waals surface area contributed by atoms with Crippen molar-refractivity contribution in [2.24, 2.45) is 16.7 Å². The molecule has 176 valence electrons. The van der Waals surface area contributed by atoms with Crippen LogP contribution in [0.5, 0.6) is 0 Å². The fourth-order valence-electron chi connectivity index (χ4n) is 3.41. The zero-order valence-electron chi connectivity index (χ0n) is 20.0. The average molecular weight is 431 g/mol. The highest BCUT2D eigenvalue weighted by Gasteiger charge is 2.47. The first kappa shape index (κ1) is 28.4. The van der Waals surface area contributed by atoms with Crippen LogP contribution >= 0.6 is 0 Å². The molecule has 0 rings (SSSR count). The fraction of sp³-hybridized carbons (Fsp3) is 0.870. The number of ether oxygens (including phenoxy) is 4. The summed E-state index contributed by atoms with van der Waals surface area (Å²) >= 11 is 0. The SMILES string of the molecule is CCCCOC(=O)C(C)(CC(C)C(=O)OCCOC)CC(C)(CC)C(=O)OCCC. The lowest BCUT2D eigenvalue weighted by molar-refractivity contribution is -0.166. The van der Waals surface area contributed by atoms with Gasteiger partial charge in [0.15, 0.2) is 0 Å². The van der Waals surface area contributed by atoms with Gasteiger partial charge in [0, 0.05) is 7.11 Å². The Labute approximate surface area is 182 Å². The largest absolute Gasteiger partial charge is 0.465 e. The molecule has 0 saturated heterocycles. The van der Waals surface area contributed by atoms with E-state index in [2.05, 4.69) is 0 Å². The molecule has 7 nitrogen and oxygen atoms in total. The average Bonchev–Trinajstić information content (AvgIpc) is 2.71. The molecule has 7 heteroatoms. The number of rotatable bonds is 16. The number of unbranched alkanes of at least 4 members (excludes halogenated alkanes) is 1. The minimum atomic E-state index is -1.02. The maximum absolute atomic E-state index is 13.0. The van der Waals surface area contributed by atoms with Crippen LogP contribution in [0, 0.1) is 16.7 Å². The molecule has 30 heavy (non-hydrogen) atoms. The van der Waals surface area contributed by atoms with E-state index in [0.717, 1.165) is 19.3 Å². The van der Waals surface area contributed by atoms with E-state index < -0.39 is 28.7 Å². The summed E-state index contributed by atoms with van der Waals surface area (Å²) in [5.74, 6) is -1.64. The van der Waals surface area contributed by atoms with Gasteiger partial charge in [-0.2, -0.15) is 0 Å². The normalized spacial score (nSPS) is 16.1. The third-order valence-corrected chi connectivity index (χ3v) is 5.41. The summed E-state index contributed by atoms with van der Waals surface area (Å²) in [6, 6.07) is 0. The topological polar surface area (TPSA) is 88.1 Å². The van der Waals surface area contributed by atoms with Crippen molar-refractivity contribution >= 4 is 17.9 Å². The number of esters is 3. The summed E-state index contributed by atoms with van der Waals surface area (Å²) in [4.78, 5) is 38.1. The zero-order valence-corrected chi connectivity index (χ0v) is 20.0. The molecule has 0 spiro atoms. The maximum Gasteiger partial charge on any atom is 0.311 e. The molecule has 0 radical (unpaired) electrons. The van der Waals surface area contributed by atoms with Gasteiger partial charge in [-0.15, -0.1) is 0 Å². The number of hydrogen-bond donors (Lipinski definition) is 0. The Morgan fingerprint density at radius 3 is 1.93 bits per heavy atom. The standard InChI is InChI=1S/C23H42O7/c1-8-11-13-30-21(26)23(6,16-18(4)19(24)28-15-14-27-7)17-22(5,10-3)20(25)29-12-9-2/h18H,8-17H2,1-7H3. The third kappa shape index (κ3) is 9.45. The van der Waals surface area contributed by atoms with E-state index in [0.29, 0.717) is 26.2 Å². The van der Waals surface area contributed by atoms with Gasteiger partial charge in [-0.3, -0.25) is 14.4 Å². The van der Waals surface area contributed by atoms with E-state index >= 15 is 0 Å². The molecule has 0 aromatic rings. The van der Waals surface area contributed by atoms with Gasteiger partial charge >= 0.3 is 17.9 Å². The lowest BCUT2D eigenvalue weighted by atomic mass is 9.68. The second-order valence-corrected chi connectivity index (χ2v) is 8.54. The lowest BCUT2D eigenvalue weighted by Crippen LogP contribution is -2.42. The molecule has 0 N–H and O–H groups in total. The van der Waals surface area contributed by atoms with Crippen LogP contribution in [-0.4, -0.2) is 51.4 Å². The highest BCUT2D eigenvalue weighted by molar-refractivity contribution is 5.81. The summed E-state index contributed by atoms with van der Waals surface area (Å²) < 4.78 is 21.0. The number of methoxy groups -OCH3 is 1. The summed E-state index contributed by atoms with van der Waals surface area (Å²) in [7, 11) is 1.53. The molecule has 3 unspecified atom stereocenters. The molecule has 3 atom stereocenters. The van der Waals surface area contributed by atoms with Crippen molar-refractivity contribution in [2.45, 2.75) is 80.1 Å². The van der Waals surface area contributed by atoms with Gasteiger partial charge in [-0.25, -0.2) is 0 Å². The van der Waals surface area contributed by atoms with E-state index in [1.165, 1.54) is 7.11 Å². The third-order valence-electron chi connectivity index (χ3n) is 5.41. The van der Waals surface area contributed by atoms with Crippen LogP contribution in [0.15, 0.2) is 0 Å². The summed E-state index contributed by atoms with van der Waals surface area (Å²) in [6.07, 6.45) is 3.37. The van der Waals surface area contributed by atoms with E-state index in [4.69, 9.17) is 18.9 Å². The van der Waals surface area contributed by atoms with Crippen LogP contribution in [0.2, 0.25) is 0 Å². The first-order valence-electron chi connectivity index (χ1n) is 11.1. The van der Waals surface area contributed by atoms with Gasteiger partial charge in [-0.1, -0.05) is 34.1 Å². The maximum atomic E-state index is 13.0. The van der Waals surface area contributed by atoms with Crippen molar-refractivity contribution in [1.29, 1.82) is 0 Å². The van der Waals surface area contributed by atoms with Crippen molar-refractivity contribution in [1.82, 2.24) is 0 Å². The smallest absolute Gasteiger partial charge is 0.311 e. The number of hydrogen-bond acceptors (Lipinski definition) is 7. The lowest BCUT2D eigenvalue weighted by Gasteiger charge is -2.37. The van der Waals surface area contributed by atoms with Gasteiger partial charge < -0.3 is 18.9 Å². The molecule has 0 amide bonds. The van der Waals surface area contributed by atoms with Crippen molar-refractivity contribution in [2.75, 3.05) is 33.5 Å². The predicted molar refractivity (Wildman–Crippen MR) is 115 cm³/mol. The van der Waals surface area contributed by atoms with Crippen LogP contribution in [0.25, 0.3) is 0 Å². The molecule has 0 saturated carbocycles. The second-order valence-electron chi connectivity index (χ2n) is 8.54. The zero-order chi connectivity index (χ0) is 23.2. The van der Waals surface area contributed by atoms with Crippen molar-refractivity contribution < 1.29 is 33.3 Å². The van der Waals surface area contributed by atoms with E-state index in [-0.39, 0.29) is 25.4 Å². The molecular weight excluding hydrogens is 388 g/mol. The van der Waals surface area contributed by atoms with Crippen molar-refractivity contribution in [3.63, 3.8) is 0 Å². The molecule has 0 aliphatic carbocycles. The number of carbonyl (C=O) groups excluding carboxylic acids is 3. The van der Waals surface area contributed by atoms with E-state index in [1.54, 1.807) is 13.8 Å². The Kier molecular flexibility index (Phi) is 13.6. The Morgan fingerprint density at radius 2 is 1.40 bits per heavy atom. The summed E-state index contributed by atoms with van der Waals surface area (Å²) in [5.41, 5.74) is -1.88. The minimum Gasteiger partial charge on any atom is -0.465 e. The van der Waals surface area contributed by atoms with Gasteiger partial charge in [0.2, 0.25) is 0 Å². The first-order valence-corrected chi connectivity index (χ1v) is 11.1. The summed E-state index contributed by atoms with van der Waals surface area (Å²) in [5, 5.41) is 0. The number of carbonyl (C=O) groups is 3. The molecule has 0 bridgehead atoms. The van der Waals surface area contributed by atoms with Gasteiger partial charge in [-0.05, 0) is 46.0 Å². The molecule has 0 aromatic carbocycles. The van der Waals surface area contributed by atoms with Gasteiger partial charge in [0.1, 0.15) is 6.61 Å². The van der Waals surface area contributed by atoms with Crippen molar-refractivity contribution in [3.8, 4) is 0 Å². The molecule has 0 aliphatic heterocycles. The molecular formula is C23H42O7. The van der Waals surface area contributed by atoms with E-state index in [1.807, 2.05) is 27.7 Å². The Hall–Kier alpha value is -1.63. The van der Waals surface area contributed by atoms with Crippen LogP contribution in [0.4, 0.5) is 0 Å². The molecule has 0 aromatic heterocycles. The highest BCUT2D eigenvalue weighted by atomic mass is 16.6. The fourth-order valence-corrected chi connectivity index (χ4v) is 3.41. The van der Waals surface area contributed by atoms with Gasteiger partial charge in [0.25, 0.3) is 0 Å². The van der Waals surface area contributed by atoms with Crippen molar-refractivity contribution in [3.05, 3.63) is 0 Å². The van der Waals surface area contributed by atoms with E-state index in [9.17, 15) is 14.4 Å². The monoisotopic (exact) mass is 430 g/mol. The Morgan fingerprint density at radius 1 is 0.800 bits per heavy atom. The van der Waals surface area contributed by atoms with Crippen LogP contribution in [-0.2, 0) is 33.3 Å². The molecule has 0 heterocycles. The second kappa shape index (κ2) is 14.4. The quantitative estimate of drug-likeness (QED) is 0.205. The Bertz CT molecular complexity index is 534. The van der Waals surface area contributed by atoms with Crippen LogP contribution in [0.1, 0.15) is 80.1 Å². The van der Waals surface area contributed by atoms with Gasteiger partial charge in [0.05, 0.1) is 36.6 Å². The first-order chi connectivity index (χ1) is 14.1. The van der Waals surface area contributed by atoms with Crippen LogP contribution < -0.4 is 0 Å². The predicted octanol–water partition coefficient (Wildman–Crippen LogP) is 4.31. The molecule has 0 fully saturated rings. The highest BCUT2D eigenvalue weighted by Crippen LogP contribution is 2.42.